The summed E-state index contributed by atoms with van der Waals surface area (Å²) in [6, 6.07) is 13.8. The monoisotopic (exact) mass is 460 g/mol. The molecule has 0 aliphatic carbocycles. The predicted molar refractivity (Wildman–Crippen MR) is 116 cm³/mol. The molecule has 1 aromatic heterocycles. The van der Waals surface area contributed by atoms with Gasteiger partial charge >= 0.3 is 5.69 Å². The number of carbonyl (C=O) groups excluding carboxylic acids is 1. The van der Waals surface area contributed by atoms with Crippen LogP contribution in [0.15, 0.2) is 70.4 Å². The number of aromatic amines is 2. The van der Waals surface area contributed by atoms with E-state index < -0.39 is 27.4 Å². The van der Waals surface area contributed by atoms with Gasteiger partial charge in [-0.1, -0.05) is 23.7 Å². The van der Waals surface area contributed by atoms with Crippen molar-refractivity contribution in [1.29, 1.82) is 0 Å². The molecular weight excluding hydrogens is 447 g/mol. The Hall–Kier alpha value is -3.63. The van der Waals surface area contributed by atoms with E-state index in [9.17, 15) is 22.4 Å². The van der Waals surface area contributed by atoms with E-state index in [1.807, 2.05) is 0 Å². The van der Waals surface area contributed by atoms with Gasteiger partial charge in [-0.05, 0) is 48.5 Å². The first-order valence-electron chi connectivity index (χ1n) is 8.83. The maximum Gasteiger partial charge on any atom is 0.323 e. The third-order valence-electron chi connectivity index (χ3n) is 4.39. The Labute approximate surface area is 180 Å². The molecule has 0 saturated carbocycles. The molecule has 0 fully saturated rings. The van der Waals surface area contributed by atoms with E-state index in [1.165, 1.54) is 42.5 Å². The SMILES string of the molecule is O=C(Nc1ccc(F)c(Cl)c1)c1ccccc1NS(=O)(=O)c1ccc2[nH]c(=O)[nH]c2c1. The Kier molecular flexibility index (Phi) is 5.25. The molecule has 0 spiro atoms. The average Bonchev–Trinajstić information content (AvgIpc) is 3.10. The number of fused-ring (bicyclic) bond motifs is 1. The Morgan fingerprint density at radius 2 is 1.71 bits per heavy atom. The van der Waals surface area contributed by atoms with Crippen LogP contribution in [-0.4, -0.2) is 24.3 Å². The fourth-order valence-electron chi connectivity index (χ4n) is 2.92. The van der Waals surface area contributed by atoms with E-state index in [-0.39, 0.29) is 26.9 Å². The summed E-state index contributed by atoms with van der Waals surface area (Å²) in [5.41, 5.74) is 0.656. The van der Waals surface area contributed by atoms with E-state index in [1.54, 1.807) is 12.1 Å². The number of sulfonamides is 1. The van der Waals surface area contributed by atoms with Crippen LogP contribution in [0, 0.1) is 5.82 Å². The van der Waals surface area contributed by atoms with Crippen molar-refractivity contribution in [2.75, 3.05) is 10.0 Å². The van der Waals surface area contributed by atoms with Crippen molar-refractivity contribution in [3.8, 4) is 0 Å². The molecule has 8 nitrogen and oxygen atoms in total. The number of hydrogen-bond donors (Lipinski definition) is 4. The number of amides is 1. The van der Waals surface area contributed by atoms with E-state index >= 15 is 0 Å². The third kappa shape index (κ3) is 4.30. The molecule has 4 N–H and O–H groups in total. The number of rotatable bonds is 5. The molecule has 0 radical (unpaired) electrons. The number of imidazole rings is 1. The molecular formula is C20H14ClFN4O4S. The van der Waals surface area contributed by atoms with Crippen LogP contribution in [0.4, 0.5) is 15.8 Å². The fourth-order valence-corrected chi connectivity index (χ4v) is 4.21. The largest absolute Gasteiger partial charge is 0.323 e. The highest BCUT2D eigenvalue weighted by atomic mass is 35.5. The number of nitrogens with one attached hydrogen (secondary N) is 4. The minimum atomic E-state index is -4.07. The van der Waals surface area contributed by atoms with Gasteiger partial charge < -0.3 is 15.3 Å². The molecule has 158 valence electrons. The van der Waals surface area contributed by atoms with Gasteiger partial charge in [-0.2, -0.15) is 0 Å². The maximum atomic E-state index is 13.3. The highest BCUT2D eigenvalue weighted by Gasteiger charge is 2.20. The van der Waals surface area contributed by atoms with Crippen molar-refractivity contribution in [1.82, 2.24) is 9.97 Å². The summed E-state index contributed by atoms with van der Waals surface area (Å²) < 4.78 is 41.4. The standard InChI is InChI=1S/C20H14ClFN4O4S/c21-14-9-11(5-7-15(14)22)23-19(27)13-3-1-2-4-16(13)26-31(29,30)12-6-8-17-18(10-12)25-20(28)24-17/h1-10,26H,(H,23,27)(H2,24,25,28). The minimum absolute atomic E-state index is 0.0378. The highest BCUT2D eigenvalue weighted by Crippen LogP contribution is 2.24. The number of anilines is 2. The van der Waals surface area contributed by atoms with Crippen LogP contribution < -0.4 is 15.7 Å². The molecule has 0 unspecified atom stereocenters. The van der Waals surface area contributed by atoms with Crippen molar-refractivity contribution in [3.05, 3.63) is 87.6 Å². The third-order valence-corrected chi connectivity index (χ3v) is 6.04. The van der Waals surface area contributed by atoms with Crippen LogP contribution in [-0.2, 0) is 10.0 Å². The summed E-state index contributed by atoms with van der Waals surface area (Å²) in [5, 5.41) is 2.39. The van der Waals surface area contributed by atoms with Crippen molar-refractivity contribution < 1.29 is 17.6 Å². The molecule has 0 aliphatic rings. The number of carbonyl (C=O) groups is 1. The van der Waals surface area contributed by atoms with Gasteiger partial charge in [-0.25, -0.2) is 17.6 Å². The first kappa shape index (κ1) is 20.6. The number of H-pyrrole nitrogens is 2. The van der Waals surface area contributed by atoms with E-state index in [4.69, 9.17) is 11.6 Å². The molecule has 4 aromatic rings. The van der Waals surface area contributed by atoms with Gasteiger partial charge in [0.25, 0.3) is 15.9 Å². The van der Waals surface area contributed by atoms with Crippen LogP contribution in [0.2, 0.25) is 5.02 Å². The van der Waals surface area contributed by atoms with Crippen LogP contribution in [0.1, 0.15) is 10.4 Å². The molecule has 11 heteroatoms. The van der Waals surface area contributed by atoms with Gasteiger partial charge in [0, 0.05) is 5.69 Å². The van der Waals surface area contributed by atoms with E-state index in [0.29, 0.717) is 11.0 Å². The van der Waals surface area contributed by atoms with E-state index in [0.717, 1.165) is 6.07 Å². The van der Waals surface area contributed by atoms with Crippen molar-refractivity contribution in [2.24, 2.45) is 0 Å². The van der Waals surface area contributed by atoms with Crippen LogP contribution >= 0.6 is 11.6 Å². The Morgan fingerprint density at radius 3 is 2.48 bits per heavy atom. The quantitative estimate of drug-likeness (QED) is 0.362. The normalized spacial score (nSPS) is 11.4. The predicted octanol–water partition coefficient (Wildman–Crippen LogP) is 3.70. The van der Waals surface area contributed by atoms with Crippen LogP contribution in [0.25, 0.3) is 11.0 Å². The van der Waals surface area contributed by atoms with Crippen LogP contribution in [0.5, 0.6) is 0 Å². The zero-order valence-electron chi connectivity index (χ0n) is 15.6. The Morgan fingerprint density at radius 1 is 0.968 bits per heavy atom. The smallest absolute Gasteiger partial charge is 0.322 e. The molecule has 1 amide bonds. The minimum Gasteiger partial charge on any atom is -0.322 e. The van der Waals surface area contributed by atoms with Crippen molar-refractivity contribution in [3.63, 3.8) is 0 Å². The maximum absolute atomic E-state index is 13.3. The van der Waals surface area contributed by atoms with Gasteiger partial charge in [-0.3, -0.25) is 9.52 Å². The molecule has 4 rings (SSSR count). The molecule has 0 atom stereocenters. The second-order valence-corrected chi connectivity index (χ2v) is 8.61. The fraction of sp³-hybridized carbons (Fsp3) is 0. The molecule has 31 heavy (non-hydrogen) atoms. The van der Waals surface area contributed by atoms with Gasteiger partial charge in [0.2, 0.25) is 0 Å². The van der Waals surface area contributed by atoms with E-state index in [2.05, 4.69) is 20.0 Å². The van der Waals surface area contributed by atoms with Gasteiger partial charge in [0.1, 0.15) is 5.82 Å². The average molecular weight is 461 g/mol. The zero-order chi connectivity index (χ0) is 22.2. The molecule has 3 aromatic carbocycles. The molecule has 0 aliphatic heterocycles. The van der Waals surface area contributed by atoms with Crippen LogP contribution in [0.3, 0.4) is 0 Å². The lowest BCUT2D eigenvalue weighted by molar-refractivity contribution is 0.102. The summed E-state index contributed by atoms with van der Waals surface area (Å²) in [5.74, 6) is -1.25. The van der Waals surface area contributed by atoms with Crippen molar-refractivity contribution >= 4 is 49.9 Å². The van der Waals surface area contributed by atoms with Gasteiger partial charge in [-0.15, -0.1) is 0 Å². The lowest BCUT2D eigenvalue weighted by Crippen LogP contribution is -2.18. The zero-order valence-corrected chi connectivity index (χ0v) is 17.1. The lowest BCUT2D eigenvalue weighted by Gasteiger charge is -2.13. The molecule has 1 heterocycles. The number of halogens is 2. The summed E-state index contributed by atoms with van der Waals surface area (Å²) in [4.78, 5) is 29.0. The summed E-state index contributed by atoms with van der Waals surface area (Å²) in [7, 11) is -4.07. The summed E-state index contributed by atoms with van der Waals surface area (Å²) in [6.07, 6.45) is 0. The number of hydrogen-bond acceptors (Lipinski definition) is 4. The van der Waals surface area contributed by atoms with Crippen molar-refractivity contribution in [2.45, 2.75) is 4.90 Å². The summed E-state index contributed by atoms with van der Waals surface area (Å²) >= 11 is 5.73. The number of aromatic nitrogens is 2. The van der Waals surface area contributed by atoms with Gasteiger partial charge in [0.15, 0.2) is 0 Å². The Balaban J connectivity index is 1.63. The number of para-hydroxylation sites is 1. The second kappa shape index (κ2) is 7.89. The molecule has 0 saturated heterocycles. The summed E-state index contributed by atoms with van der Waals surface area (Å²) in [6.45, 7) is 0. The Bertz CT molecular complexity index is 1480. The second-order valence-electron chi connectivity index (χ2n) is 6.52. The first-order chi connectivity index (χ1) is 14.7. The topological polar surface area (TPSA) is 124 Å². The highest BCUT2D eigenvalue weighted by molar-refractivity contribution is 7.92. The lowest BCUT2D eigenvalue weighted by atomic mass is 10.1. The van der Waals surface area contributed by atoms with Gasteiger partial charge in [0.05, 0.1) is 32.2 Å². The number of benzene rings is 3. The molecule has 0 bridgehead atoms. The first-order valence-corrected chi connectivity index (χ1v) is 10.7.